The summed E-state index contributed by atoms with van der Waals surface area (Å²) in [6.45, 7) is 0. The molecular formula is C8H13O9P. The summed E-state index contributed by atoms with van der Waals surface area (Å²) < 4.78 is 14.7. The van der Waals surface area contributed by atoms with E-state index in [1.54, 1.807) is 0 Å². The summed E-state index contributed by atoms with van der Waals surface area (Å²) in [6, 6.07) is 0. The van der Waals surface area contributed by atoms with Crippen molar-refractivity contribution in [3.63, 3.8) is 0 Å². The third-order valence-corrected chi connectivity index (χ3v) is 3.16. The summed E-state index contributed by atoms with van der Waals surface area (Å²) in [4.78, 5) is 50.4. The van der Waals surface area contributed by atoms with E-state index in [9.17, 15) is 18.9 Å². The van der Waals surface area contributed by atoms with Gasteiger partial charge in [0.05, 0.1) is 7.11 Å². The molecule has 0 aromatic carbocycles. The van der Waals surface area contributed by atoms with Crippen molar-refractivity contribution in [1.29, 1.82) is 0 Å². The van der Waals surface area contributed by atoms with Crippen molar-refractivity contribution in [1.82, 2.24) is 0 Å². The van der Waals surface area contributed by atoms with Crippen LogP contribution >= 0.6 is 7.60 Å². The first-order valence-electron chi connectivity index (χ1n) is 4.67. The summed E-state index contributed by atoms with van der Waals surface area (Å²) in [5.41, 5.74) is -2.84. The molecule has 0 saturated carbocycles. The van der Waals surface area contributed by atoms with Crippen molar-refractivity contribution in [2.24, 2.45) is 5.41 Å². The highest BCUT2D eigenvalue weighted by atomic mass is 31.2. The number of hydrogen-bond donors (Lipinski definition) is 4. The summed E-state index contributed by atoms with van der Waals surface area (Å²) in [5, 5.41) is 17.7. The molecule has 10 heteroatoms. The average Bonchev–Trinajstić information content (AvgIpc) is 2.20. The van der Waals surface area contributed by atoms with Crippen LogP contribution in [0.3, 0.4) is 0 Å². The van der Waals surface area contributed by atoms with Crippen LogP contribution in [0.25, 0.3) is 0 Å². The molecule has 104 valence electrons. The van der Waals surface area contributed by atoms with Crippen LogP contribution in [0, 0.1) is 5.41 Å². The number of hydrogen-bond acceptors (Lipinski definition) is 5. The molecule has 0 aliphatic heterocycles. The van der Waals surface area contributed by atoms with Gasteiger partial charge in [0.25, 0.3) is 5.41 Å². The lowest BCUT2D eigenvalue weighted by atomic mass is 9.83. The molecule has 0 aromatic rings. The molecule has 0 aromatic heterocycles. The molecule has 0 fully saturated rings. The largest absolute Gasteiger partial charge is 0.480 e. The zero-order chi connectivity index (χ0) is 14.6. The molecular weight excluding hydrogens is 271 g/mol. The van der Waals surface area contributed by atoms with Gasteiger partial charge in [-0.25, -0.2) is 0 Å². The Hall–Kier alpha value is -1.44. The Bertz CT molecular complexity index is 381. The minimum absolute atomic E-state index is 0.446. The summed E-state index contributed by atoms with van der Waals surface area (Å²) in [5.74, 6) is -5.37. The fourth-order valence-electron chi connectivity index (χ4n) is 1.31. The van der Waals surface area contributed by atoms with Gasteiger partial charge in [0, 0.05) is 6.16 Å². The van der Waals surface area contributed by atoms with Gasteiger partial charge in [0.1, 0.15) is 0 Å². The maximum absolute atomic E-state index is 11.3. The molecule has 0 bridgehead atoms. The number of methoxy groups -OCH3 is 1. The molecule has 0 radical (unpaired) electrons. The van der Waals surface area contributed by atoms with E-state index < -0.39 is 49.9 Å². The third-order valence-electron chi connectivity index (χ3n) is 2.27. The quantitative estimate of drug-likeness (QED) is 0.268. The molecule has 9 nitrogen and oxygen atoms in total. The van der Waals surface area contributed by atoms with Crippen molar-refractivity contribution in [2.45, 2.75) is 12.8 Å². The van der Waals surface area contributed by atoms with E-state index in [0.717, 1.165) is 7.11 Å². The van der Waals surface area contributed by atoms with Crippen LogP contribution in [-0.4, -0.2) is 51.2 Å². The van der Waals surface area contributed by atoms with Gasteiger partial charge in [-0.15, -0.1) is 0 Å². The van der Waals surface area contributed by atoms with Gasteiger partial charge in [-0.1, -0.05) is 0 Å². The summed E-state index contributed by atoms with van der Waals surface area (Å²) in [7, 11) is -3.56. The fraction of sp³-hybridized carbons (Fsp3) is 0.625. The number of ether oxygens (including phenoxy) is 1. The van der Waals surface area contributed by atoms with Gasteiger partial charge in [-0.2, -0.15) is 0 Å². The van der Waals surface area contributed by atoms with E-state index in [2.05, 4.69) is 4.74 Å². The highest BCUT2D eigenvalue weighted by molar-refractivity contribution is 7.51. The first kappa shape index (κ1) is 16.6. The first-order chi connectivity index (χ1) is 8.08. The van der Waals surface area contributed by atoms with Gasteiger partial charge in [-0.05, 0) is 12.8 Å². The van der Waals surface area contributed by atoms with E-state index in [0.29, 0.717) is 0 Å². The smallest absolute Gasteiger partial charge is 0.334 e. The predicted octanol–water partition coefficient (Wildman–Crippen LogP) is -0.727. The highest BCUT2D eigenvalue weighted by Crippen LogP contribution is 2.37. The second kappa shape index (κ2) is 5.94. The Morgan fingerprint density at radius 2 is 1.61 bits per heavy atom. The van der Waals surface area contributed by atoms with Gasteiger partial charge < -0.3 is 24.7 Å². The van der Waals surface area contributed by atoms with Crippen LogP contribution in [0.5, 0.6) is 0 Å². The predicted molar refractivity (Wildman–Crippen MR) is 55.9 cm³/mol. The number of carbonyl (C=O) groups is 3. The Morgan fingerprint density at radius 1 is 1.17 bits per heavy atom. The van der Waals surface area contributed by atoms with E-state index in [1.165, 1.54) is 0 Å². The average molecular weight is 284 g/mol. The van der Waals surface area contributed by atoms with Gasteiger partial charge >= 0.3 is 25.5 Å². The maximum atomic E-state index is 11.3. The van der Waals surface area contributed by atoms with Crippen LogP contribution in [0.1, 0.15) is 12.8 Å². The number of rotatable bonds is 7. The van der Waals surface area contributed by atoms with Crippen molar-refractivity contribution in [2.75, 3.05) is 13.3 Å². The monoisotopic (exact) mass is 284 g/mol. The molecule has 0 aliphatic rings. The van der Waals surface area contributed by atoms with E-state index >= 15 is 0 Å². The normalized spacial score (nSPS) is 11.9. The second-order valence-electron chi connectivity index (χ2n) is 3.50. The van der Waals surface area contributed by atoms with Crippen LogP contribution < -0.4 is 0 Å². The molecule has 0 amide bonds. The molecule has 0 spiro atoms. The lowest BCUT2D eigenvalue weighted by Crippen LogP contribution is -2.47. The van der Waals surface area contributed by atoms with E-state index in [1.807, 2.05) is 0 Å². The zero-order valence-electron chi connectivity index (χ0n) is 9.40. The third kappa shape index (κ3) is 3.80. The maximum Gasteiger partial charge on any atom is 0.334 e. The molecule has 0 rings (SSSR count). The van der Waals surface area contributed by atoms with Gasteiger partial charge in [-0.3, -0.25) is 18.9 Å². The molecule has 0 unspecified atom stereocenters. The van der Waals surface area contributed by atoms with Crippen molar-refractivity contribution in [3.05, 3.63) is 0 Å². The van der Waals surface area contributed by atoms with E-state index in [4.69, 9.17) is 20.0 Å². The lowest BCUT2D eigenvalue weighted by Gasteiger charge is -2.21. The molecule has 18 heavy (non-hydrogen) atoms. The number of carbonyl (C=O) groups excluding carboxylic acids is 1. The minimum atomic E-state index is -4.39. The minimum Gasteiger partial charge on any atom is -0.480 e. The van der Waals surface area contributed by atoms with Crippen molar-refractivity contribution >= 4 is 25.5 Å². The number of carboxylic acids is 2. The Kier molecular flexibility index (Phi) is 5.47. The molecule has 0 atom stereocenters. The first-order valence-corrected chi connectivity index (χ1v) is 6.47. The van der Waals surface area contributed by atoms with Crippen LogP contribution in [0.4, 0.5) is 0 Å². The van der Waals surface area contributed by atoms with E-state index in [-0.39, 0.29) is 0 Å². The topological polar surface area (TPSA) is 158 Å². The Balaban J connectivity index is 5.10. The molecule has 4 N–H and O–H groups in total. The number of carboxylic acid groups (broad SMARTS) is 2. The number of esters is 1. The standard InChI is InChI=1S/C8H13O9P/c1-17-7(13)8(5(9)10,6(11)12)3-2-4-18(14,15)16/h2-4H2,1H3,(H,9,10)(H,11,12)(H2,14,15,16). The summed E-state index contributed by atoms with van der Waals surface area (Å²) >= 11 is 0. The number of aliphatic carboxylic acids is 2. The Morgan fingerprint density at radius 3 is 1.89 bits per heavy atom. The summed E-state index contributed by atoms with van der Waals surface area (Å²) in [6.07, 6.45) is -1.93. The fourth-order valence-corrected chi connectivity index (χ4v) is 1.88. The second-order valence-corrected chi connectivity index (χ2v) is 5.28. The Labute approximate surface area is 102 Å². The highest BCUT2D eigenvalue weighted by Gasteiger charge is 2.54. The van der Waals surface area contributed by atoms with Crippen LogP contribution in [0.2, 0.25) is 0 Å². The molecule has 0 saturated heterocycles. The molecule has 0 aliphatic carbocycles. The van der Waals surface area contributed by atoms with Crippen LogP contribution in [-0.2, 0) is 23.7 Å². The van der Waals surface area contributed by atoms with Crippen molar-refractivity contribution in [3.8, 4) is 0 Å². The zero-order valence-corrected chi connectivity index (χ0v) is 10.3. The van der Waals surface area contributed by atoms with Crippen molar-refractivity contribution < 1.29 is 43.7 Å². The lowest BCUT2D eigenvalue weighted by molar-refractivity contribution is -0.178. The van der Waals surface area contributed by atoms with Gasteiger partial charge in [0.2, 0.25) is 0 Å². The molecule has 0 heterocycles. The SMILES string of the molecule is COC(=O)C(CCCP(=O)(O)O)(C(=O)O)C(=O)O. The van der Waals surface area contributed by atoms with Gasteiger partial charge in [0.15, 0.2) is 0 Å². The van der Waals surface area contributed by atoms with Crippen LogP contribution in [0.15, 0.2) is 0 Å².